The molecule has 0 amide bonds. The topological polar surface area (TPSA) is 35.5 Å². The third kappa shape index (κ3) is 3.42. The highest BCUT2D eigenvalue weighted by molar-refractivity contribution is 6.94. The zero-order valence-electron chi connectivity index (χ0n) is 18.5. The Hall–Kier alpha value is -1.39. The third-order valence-corrected chi connectivity index (χ3v) is 13.8. The zero-order valence-corrected chi connectivity index (χ0v) is 19.5. The van der Waals surface area contributed by atoms with Crippen molar-refractivity contribution >= 4 is 19.4 Å². The number of methoxy groups -OCH3 is 2. The van der Waals surface area contributed by atoms with Gasteiger partial charge < -0.3 is 9.47 Å². The molecule has 0 bridgehead atoms. The van der Waals surface area contributed by atoms with Crippen molar-refractivity contribution in [1.29, 1.82) is 0 Å². The fourth-order valence-corrected chi connectivity index (χ4v) is 12.7. The fraction of sp³-hybridized carbons (Fsp3) is 0.609. The SMILES string of the molecule is COc1ccc(C2=C([Si](C(C)C)(C(C)C)C(C)C)C(=O)CC2(C)OC)cc1. The van der Waals surface area contributed by atoms with Crippen LogP contribution in [-0.2, 0) is 9.53 Å². The van der Waals surface area contributed by atoms with E-state index in [1.165, 1.54) is 0 Å². The number of benzene rings is 1. The largest absolute Gasteiger partial charge is 0.497 e. The Labute approximate surface area is 166 Å². The number of carbonyl (C=O) groups excluding carboxylic acids is 1. The third-order valence-electron chi connectivity index (χ3n) is 6.68. The molecule has 0 aliphatic heterocycles. The summed E-state index contributed by atoms with van der Waals surface area (Å²) in [5.74, 6) is 1.11. The van der Waals surface area contributed by atoms with E-state index < -0.39 is 13.7 Å². The van der Waals surface area contributed by atoms with E-state index in [2.05, 4.69) is 60.6 Å². The van der Waals surface area contributed by atoms with Crippen molar-refractivity contribution < 1.29 is 14.3 Å². The van der Waals surface area contributed by atoms with Crippen molar-refractivity contribution in [2.45, 2.75) is 77.1 Å². The summed E-state index contributed by atoms with van der Waals surface area (Å²) >= 11 is 0. The average Bonchev–Trinajstić information content (AvgIpc) is 2.86. The second-order valence-corrected chi connectivity index (χ2v) is 14.7. The van der Waals surface area contributed by atoms with Gasteiger partial charge in [0, 0.05) is 13.5 Å². The molecule has 0 heterocycles. The van der Waals surface area contributed by atoms with Crippen molar-refractivity contribution in [3.63, 3.8) is 0 Å². The van der Waals surface area contributed by atoms with Crippen LogP contribution in [0.25, 0.3) is 5.57 Å². The highest BCUT2D eigenvalue weighted by atomic mass is 28.3. The molecule has 0 saturated carbocycles. The molecule has 1 aromatic rings. The maximum absolute atomic E-state index is 13.5. The number of hydrogen-bond donors (Lipinski definition) is 0. The lowest BCUT2D eigenvalue weighted by Crippen LogP contribution is -2.48. The van der Waals surface area contributed by atoms with E-state index in [1.807, 2.05) is 12.1 Å². The van der Waals surface area contributed by atoms with E-state index in [1.54, 1.807) is 14.2 Å². The Morgan fingerprint density at radius 1 is 0.926 bits per heavy atom. The molecular weight excluding hydrogens is 352 g/mol. The number of carbonyl (C=O) groups is 1. The Kier molecular flexibility index (Phi) is 6.43. The van der Waals surface area contributed by atoms with Crippen LogP contribution in [0.15, 0.2) is 29.5 Å². The minimum absolute atomic E-state index is 0.285. The molecule has 0 aromatic heterocycles. The molecule has 0 radical (unpaired) electrons. The number of rotatable bonds is 7. The first-order valence-electron chi connectivity index (χ1n) is 10.0. The summed E-state index contributed by atoms with van der Waals surface area (Å²) in [6, 6.07) is 8.10. The second kappa shape index (κ2) is 7.92. The summed E-state index contributed by atoms with van der Waals surface area (Å²) in [6.45, 7) is 15.9. The maximum Gasteiger partial charge on any atom is 0.158 e. The summed E-state index contributed by atoms with van der Waals surface area (Å²) in [7, 11) is 1.29. The van der Waals surface area contributed by atoms with Crippen LogP contribution in [-0.4, -0.2) is 33.7 Å². The van der Waals surface area contributed by atoms with Crippen LogP contribution in [0.3, 0.4) is 0 Å². The Morgan fingerprint density at radius 2 is 1.41 bits per heavy atom. The minimum Gasteiger partial charge on any atom is -0.497 e. The van der Waals surface area contributed by atoms with Crippen LogP contribution >= 0.6 is 0 Å². The predicted molar refractivity (Wildman–Crippen MR) is 116 cm³/mol. The van der Waals surface area contributed by atoms with Crippen LogP contribution in [0, 0.1) is 0 Å². The van der Waals surface area contributed by atoms with Gasteiger partial charge in [-0.2, -0.15) is 0 Å². The first kappa shape index (κ1) is 21.9. The minimum atomic E-state index is -2.11. The number of hydrogen-bond acceptors (Lipinski definition) is 3. The molecule has 4 heteroatoms. The van der Waals surface area contributed by atoms with E-state index in [0.717, 1.165) is 22.1 Å². The maximum atomic E-state index is 13.5. The first-order chi connectivity index (χ1) is 12.6. The predicted octanol–water partition coefficient (Wildman–Crippen LogP) is 6.04. The highest BCUT2D eigenvalue weighted by Crippen LogP contribution is 2.54. The van der Waals surface area contributed by atoms with Crippen LogP contribution < -0.4 is 4.74 Å². The van der Waals surface area contributed by atoms with Gasteiger partial charge in [-0.3, -0.25) is 4.79 Å². The molecule has 0 spiro atoms. The van der Waals surface area contributed by atoms with Gasteiger partial charge in [0.25, 0.3) is 0 Å². The molecule has 27 heavy (non-hydrogen) atoms. The standard InChI is InChI=1S/C23H36O3Si/c1-15(2)27(16(3)4,17(5)6)22-20(24)14-23(7,26-9)21(22)18-10-12-19(25-8)13-11-18/h10-13,15-17H,14H2,1-9H3. The number of Topliss-reactive ketones (excluding diaryl/α,β-unsaturated/α-hetero) is 1. The van der Waals surface area contributed by atoms with Crippen LogP contribution in [0.4, 0.5) is 0 Å². The lowest BCUT2D eigenvalue weighted by atomic mass is 9.92. The molecule has 1 aliphatic carbocycles. The quantitative estimate of drug-likeness (QED) is 0.534. The smallest absolute Gasteiger partial charge is 0.158 e. The fourth-order valence-electron chi connectivity index (χ4n) is 5.59. The van der Waals surface area contributed by atoms with E-state index >= 15 is 0 Å². The second-order valence-electron chi connectivity index (χ2n) is 8.91. The summed E-state index contributed by atoms with van der Waals surface area (Å²) in [5.41, 5.74) is 3.05. The molecule has 1 unspecified atom stereocenters. The van der Waals surface area contributed by atoms with Crippen LogP contribution in [0.5, 0.6) is 5.75 Å². The van der Waals surface area contributed by atoms with Crippen LogP contribution in [0.1, 0.15) is 60.5 Å². The van der Waals surface area contributed by atoms with E-state index in [9.17, 15) is 4.79 Å². The number of ether oxygens (including phenoxy) is 2. The summed E-state index contributed by atoms with van der Waals surface area (Å²) in [5, 5.41) is 1.11. The molecule has 0 fully saturated rings. The normalized spacial score (nSPS) is 21.1. The van der Waals surface area contributed by atoms with E-state index in [4.69, 9.17) is 9.47 Å². The highest BCUT2D eigenvalue weighted by Gasteiger charge is 2.55. The first-order valence-corrected chi connectivity index (χ1v) is 12.3. The zero-order chi connectivity index (χ0) is 20.6. The van der Waals surface area contributed by atoms with Crippen molar-refractivity contribution in [1.82, 2.24) is 0 Å². The summed E-state index contributed by atoms with van der Waals surface area (Å²) in [4.78, 5) is 13.5. The van der Waals surface area contributed by atoms with Gasteiger partial charge in [0.05, 0.1) is 20.8 Å². The molecule has 0 N–H and O–H groups in total. The summed E-state index contributed by atoms with van der Waals surface area (Å²) in [6.07, 6.45) is 0.432. The van der Waals surface area contributed by atoms with Crippen LogP contribution in [0.2, 0.25) is 16.6 Å². The van der Waals surface area contributed by atoms with Crippen molar-refractivity contribution in [2.24, 2.45) is 0 Å². The Balaban J connectivity index is 2.89. The lowest BCUT2D eigenvalue weighted by Gasteiger charge is -2.45. The lowest BCUT2D eigenvalue weighted by molar-refractivity contribution is -0.117. The van der Waals surface area contributed by atoms with E-state index in [-0.39, 0.29) is 5.78 Å². The molecule has 3 nitrogen and oxygen atoms in total. The molecule has 150 valence electrons. The molecule has 2 rings (SSSR count). The van der Waals surface area contributed by atoms with Gasteiger partial charge in [0.1, 0.15) is 5.75 Å². The van der Waals surface area contributed by atoms with Gasteiger partial charge in [0.15, 0.2) is 5.78 Å². The monoisotopic (exact) mass is 388 g/mol. The number of ketones is 1. The van der Waals surface area contributed by atoms with Gasteiger partial charge >= 0.3 is 0 Å². The molecule has 0 saturated heterocycles. The summed E-state index contributed by atoms with van der Waals surface area (Å²) < 4.78 is 11.3. The van der Waals surface area contributed by atoms with Gasteiger partial charge in [-0.25, -0.2) is 0 Å². The average molecular weight is 389 g/mol. The Bertz CT molecular complexity index is 694. The van der Waals surface area contributed by atoms with Gasteiger partial charge in [-0.15, -0.1) is 0 Å². The van der Waals surface area contributed by atoms with Crippen molar-refractivity contribution in [3.05, 3.63) is 35.0 Å². The van der Waals surface area contributed by atoms with Gasteiger partial charge in [0.2, 0.25) is 0 Å². The molecular formula is C23H36O3Si. The van der Waals surface area contributed by atoms with Crippen molar-refractivity contribution in [2.75, 3.05) is 14.2 Å². The Morgan fingerprint density at radius 3 is 1.78 bits per heavy atom. The van der Waals surface area contributed by atoms with Gasteiger partial charge in [-0.1, -0.05) is 53.7 Å². The van der Waals surface area contributed by atoms with E-state index in [0.29, 0.717) is 23.0 Å². The van der Waals surface area contributed by atoms with Crippen molar-refractivity contribution in [3.8, 4) is 5.75 Å². The van der Waals surface area contributed by atoms with Gasteiger partial charge in [-0.05, 0) is 52.0 Å². The molecule has 1 atom stereocenters. The molecule has 1 aliphatic rings. The number of allylic oxidation sites excluding steroid dienone is 1. The molecule has 1 aromatic carbocycles.